The quantitative estimate of drug-likeness (QED) is 0.182. The minimum Gasteiger partial charge on any atom is -0.500 e. The van der Waals surface area contributed by atoms with Crippen LogP contribution in [0.4, 0.5) is 5.69 Å². The Morgan fingerprint density at radius 2 is 1.79 bits per heavy atom. The molecule has 2 heterocycles. The van der Waals surface area contributed by atoms with Gasteiger partial charge < -0.3 is 19.5 Å². The van der Waals surface area contributed by atoms with Crippen molar-refractivity contribution in [3.05, 3.63) is 133 Å². The number of nitriles is 1. The van der Waals surface area contributed by atoms with Crippen LogP contribution < -0.4 is 9.64 Å². The van der Waals surface area contributed by atoms with E-state index in [9.17, 15) is 10.4 Å². The maximum Gasteiger partial charge on any atom is 0.292 e. The Balaban J connectivity index is 1.63. The Morgan fingerprint density at radius 1 is 1.07 bits per heavy atom. The SMILES string of the molecule is [C-]#[N+]C1=C(/C=C/c2ccc(/C=C/c3ccc(N(CCC)CCO)cc3OC)s2)C(C)(c2ccccc2)O/C1=C(\C#N)[N+]#[C-]. The van der Waals surface area contributed by atoms with Crippen LogP contribution in [0.15, 0.2) is 89.5 Å². The van der Waals surface area contributed by atoms with E-state index in [1.807, 2.05) is 98.0 Å². The third-order valence-electron chi connectivity index (χ3n) is 7.09. The Morgan fingerprint density at radius 3 is 2.40 bits per heavy atom. The second kappa shape index (κ2) is 14.2. The summed E-state index contributed by atoms with van der Waals surface area (Å²) in [6.07, 6.45) is 8.80. The van der Waals surface area contributed by atoms with E-state index in [1.54, 1.807) is 18.4 Å². The van der Waals surface area contributed by atoms with Gasteiger partial charge in [0, 0.05) is 45.7 Å². The lowest BCUT2D eigenvalue weighted by atomic mass is 9.87. The van der Waals surface area contributed by atoms with Gasteiger partial charge in [-0.05, 0) is 61.4 Å². The second-order valence-corrected chi connectivity index (χ2v) is 11.0. The number of nitrogens with zero attached hydrogens (tertiary/aromatic N) is 4. The standard InChI is InChI=1S/C35H32N4O3S/c1-6-20-39(21-22-40)27-14-12-25(32(23-27)41-5)13-15-28-16-17-29(43-28)18-19-30-33(38-4)34(31(24-36)37-3)42-35(30,2)26-10-8-7-9-11-26/h7-19,23,40H,6,20-22H2,1-2,5H3/b15-13+,19-18+,34-31+. The van der Waals surface area contributed by atoms with Crippen LogP contribution in [-0.4, -0.2) is 31.9 Å². The van der Waals surface area contributed by atoms with Crippen molar-refractivity contribution in [3.8, 4) is 11.8 Å². The smallest absolute Gasteiger partial charge is 0.292 e. The minimum absolute atomic E-state index is 0.0162. The molecule has 0 aliphatic carbocycles. The van der Waals surface area contributed by atoms with Crippen molar-refractivity contribution >= 4 is 35.3 Å². The van der Waals surface area contributed by atoms with E-state index in [2.05, 4.69) is 21.5 Å². The first-order chi connectivity index (χ1) is 20.9. The summed E-state index contributed by atoms with van der Waals surface area (Å²) in [5.74, 6) is 0.770. The van der Waals surface area contributed by atoms with Crippen molar-refractivity contribution in [1.29, 1.82) is 5.26 Å². The van der Waals surface area contributed by atoms with Crippen molar-refractivity contribution in [1.82, 2.24) is 0 Å². The Hall–Kier alpha value is -5.07. The van der Waals surface area contributed by atoms with Crippen molar-refractivity contribution in [2.45, 2.75) is 25.9 Å². The monoisotopic (exact) mass is 588 g/mol. The van der Waals surface area contributed by atoms with Crippen molar-refractivity contribution in [2.24, 2.45) is 0 Å². The van der Waals surface area contributed by atoms with E-state index in [-0.39, 0.29) is 23.8 Å². The van der Waals surface area contributed by atoms with Gasteiger partial charge in [0.2, 0.25) is 5.70 Å². The van der Waals surface area contributed by atoms with Crippen LogP contribution in [0.5, 0.6) is 5.75 Å². The Bertz CT molecular complexity index is 1690. The van der Waals surface area contributed by atoms with E-state index < -0.39 is 5.60 Å². The molecular weight excluding hydrogens is 556 g/mol. The summed E-state index contributed by atoms with van der Waals surface area (Å²) in [5, 5.41) is 19.0. The first-order valence-corrected chi connectivity index (χ1v) is 14.6. The van der Waals surface area contributed by atoms with Crippen LogP contribution in [0.2, 0.25) is 0 Å². The van der Waals surface area contributed by atoms with Gasteiger partial charge in [0.1, 0.15) is 17.1 Å². The summed E-state index contributed by atoms with van der Waals surface area (Å²) in [5.41, 5.74) is 2.25. The molecule has 0 saturated carbocycles. The van der Waals surface area contributed by atoms with Gasteiger partial charge in [-0.25, -0.2) is 15.0 Å². The minimum atomic E-state index is -1.04. The number of ether oxygens (including phenoxy) is 2. The maximum atomic E-state index is 9.52. The van der Waals surface area contributed by atoms with E-state index in [1.165, 1.54) is 0 Å². The predicted molar refractivity (Wildman–Crippen MR) is 173 cm³/mol. The average molecular weight is 589 g/mol. The molecule has 1 aromatic heterocycles. The summed E-state index contributed by atoms with van der Waals surface area (Å²) in [7, 11) is 1.65. The van der Waals surface area contributed by atoms with Gasteiger partial charge >= 0.3 is 0 Å². The summed E-state index contributed by atoms with van der Waals surface area (Å²) >= 11 is 1.59. The van der Waals surface area contributed by atoms with Crippen LogP contribution in [0.1, 0.15) is 41.1 Å². The third kappa shape index (κ3) is 6.71. The van der Waals surface area contributed by atoms with E-state index >= 15 is 0 Å². The van der Waals surface area contributed by atoms with Gasteiger partial charge in [0.15, 0.2) is 0 Å². The topological polar surface area (TPSA) is 74.4 Å². The van der Waals surface area contributed by atoms with Crippen molar-refractivity contribution < 1.29 is 14.6 Å². The maximum absolute atomic E-state index is 9.52. The Labute approximate surface area is 257 Å². The molecule has 1 unspecified atom stereocenters. The normalized spacial score (nSPS) is 17.4. The molecule has 3 aromatic rings. The fraction of sp³-hybridized carbons (Fsp3) is 0.229. The summed E-state index contributed by atoms with van der Waals surface area (Å²) in [6, 6.07) is 21.5. The molecule has 4 rings (SSSR count). The second-order valence-electron chi connectivity index (χ2n) is 9.82. The highest BCUT2D eigenvalue weighted by Crippen LogP contribution is 2.48. The van der Waals surface area contributed by atoms with Crippen molar-refractivity contribution in [2.75, 3.05) is 31.7 Å². The van der Waals surface area contributed by atoms with Crippen LogP contribution in [-0.2, 0) is 10.3 Å². The first-order valence-electron chi connectivity index (χ1n) is 13.8. The molecule has 7 nitrogen and oxygen atoms in total. The molecule has 1 aliphatic heterocycles. The van der Waals surface area contributed by atoms with E-state index in [4.69, 9.17) is 22.6 Å². The molecule has 8 heteroatoms. The molecule has 2 aromatic carbocycles. The fourth-order valence-electron chi connectivity index (χ4n) is 4.94. The molecule has 0 bridgehead atoms. The van der Waals surface area contributed by atoms with Gasteiger partial charge in [-0.3, -0.25) is 0 Å². The lowest BCUT2D eigenvalue weighted by Gasteiger charge is -2.28. The molecule has 1 aliphatic rings. The lowest BCUT2D eigenvalue weighted by Crippen LogP contribution is -2.27. The predicted octanol–water partition coefficient (Wildman–Crippen LogP) is 7.92. The summed E-state index contributed by atoms with van der Waals surface area (Å²) in [6.45, 7) is 20.8. The summed E-state index contributed by atoms with van der Waals surface area (Å²) < 4.78 is 11.9. The number of aliphatic hydroxyl groups excluding tert-OH is 1. The lowest BCUT2D eigenvalue weighted by molar-refractivity contribution is 0.0753. The van der Waals surface area contributed by atoms with Crippen LogP contribution >= 0.6 is 11.3 Å². The number of hydrogen-bond acceptors (Lipinski definition) is 6. The van der Waals surface area contributed by atoms with Crippen molar-refractivity contribution in [3.63, 3.8) is 0 Å². The van der Waals surface area contributed by atoms with Crippen LogP contribution in [0.3, 0.4) is 0 Å². The number of methoxy groups -OCH3 is 1. The van der Waals surface area contributed by atoms with Gasteiger partial charge in [-0.2, -0.15) is 0 Å². The molecule has 216 valence electrons. The van der Waals surface area contributed by atoms with Gasteiger partial charge in [0.05, 0.1) is 32.9 Å². The molecule has 0 spiro atoms. The zero-order valence-corrected chi connectivity index (χ0v) is 25.2. The molecule has 0 fully saturated rings. The zero-order chi connectivity index (χ0) is 30.8. The number of thiophene rings is 1. The molecule has 0 saturated heterocycles. The average Bonchev–Trinajstić information content (AvgIpc) is 3.61. The highest BCUT2D eigenvalue weighted by atomic mass is 32.1. The number of anilines is 1. The highest BCUT2D eigenvalue weighted by molar-refractivity contribution is 7.13. The van der Waals surface area contributed by atoms with Gasteiger partial charge in [0.25, 0.3) is 5.70 Å². The Kier molecular flexibility index (Phi) is 10.2. The number of allylic oxidation sites excluding steroid dienone is 1. The molecule has 43 heavy (non-hydrogen) atoms. The largest absolute Gasteiger partial charge is 0.500 e. The molecule has 1 atom stereocenters. The molecule has 0 radical (unpaired) electrons. The number of rotatable bonds is 11. The molecular formula is C35H32N4O3S. The van der Waals surface area contributed by atoms with E-state index in [0.29, 0.717) is 12.1 Å². The zero-order valence-electron chi connectivity index (χ0n) is 24.4. The molecule has 1 N–H and O–H groups in total. The number of aliphatic hydroxyl groups is 1. The van der Waals surface area contributed by atoms with Gasteiger partial charge in [-0.1, -0.05) is 43.3 Å². The van der Waals surface area contributed by atoms with Crippen LogP contribution in [0.25, 0.3) is 27.9 Å². The number of hydrogen-bond donors (Lipinski definition) is 1. The summed E-state index contributed by atoms with van der Waals surface area (Å²) in [4.78, 5) is 11.1. The highest BCUT2D eigenvalue weighted by Gasteiger charge is 2.43. The van der Waals surface area contributed by atoms with Gasteiger partial charge in [-0.15, -0.1) is 11.3 Å². The third-order valence-corrected chi connectivity index (χ3v) is 8.11. The number of benzene rings is 2. The fourth-order valence-corrected chi connectivity index (χ4v) is 5.76. The van der Waals surface area contributed by atoms with Crippen LogP contribution in [0, 0.1) is 24.5 Å². The first kappa shape index (κ1) is 30.9. The molecule has 0 amide bonds. The van der Waals surface area contributed by atoms with E-state index in [0.717, 1.165) is 45.3 Å².